The van der Waals surface area contributed by atoms with Crippen LogP contribution in [0.15, 0.2) is 66.7 Å². The Labute approximate surface area is 261 Å². The van der Waals surface area contributed by atoms with Gasteiger partial charge in [0.2, 0.25) is 5.75 Å². The van der Waals surface area contributed by atoms with Crippen molar-refractivity contribution in [2.45, 2.75) is 70.3 Å². The normalized spacial score (nSPS) is 11.4. The molecule has 0 N–H and O–H groups in total. The van der Waals surface area contributed by atoms with Crippen LogP contribution in [0, 0.1) is 0 Å². The molecule has 0 fully saturated rings. The number of para-hydroxylation sites is 1. The number of hydrogen-bond acceptors (Lipinski definition) is 8. The molecule has 0 amide bonds. The van der Waals surface area contributed by atoms with Gasteiger partial charge in [0.15, 0.2) is 11.5 Å². The number of rotatable bonds is 20. The third-order valence-corrected chi connectivity index (χ3v) is 7.47. The van der Waals surface area contributed by atoms with Crippen molar-refractivity contribution < 1.29 is 38.0 Å². The highest BCUT2D eigenvalue weighted by molar-refractivity contribution is 5.91. The smallest absolute Gasteiger partial charge is 0.338 e. The Morgan fingerprint density at radius 2 is 1.39 bits per heavy atom. The fourth-order valence-corrected chi connectivity index (χ4v) is 5.01. The predicted molar refractivity (Wildman–Crippen MR) is 170 cm³/mol. The third-order valence-electron chi connectivity index (χ3n) is 7.47. The number of unbranched alkanes of at least 4 members (excludes halogenated alkanes) is 3. The predicted octanol–water partition coefficient (Wildman–Crippen LogP) is 7.40. The molecule has 0 aliphatic heterocycles. The quantitative estimate of drug-likeness (QED) is 0.0971. The van der Waals surface area contributed by atoms with Crippen LogP contribution in [-0.2, 0) is 27.1 Å². The largest absolute Gasteiger partial charge is 0.493 e. The maximum absolute atomic E-state index is 12.2. The van der Waals surface area contributed by atoms with Gasteiger partial charge in [-0.1, -0.05) is 48.5 Å². The summed E-state index contributed by atoms with van der Waals surface area (Å²) in [4.78, 5) is 23.8. The molecule has 0 aliphatic carbocycles. The summed E-state index contributed by atoms with van der Waals surface area (Å²) < 4.78 is 33.6. The van der Waals surface area contributed by atoms with E-state index in [1.54, 1.807) is 12.1 Å². The summed E-state index contributed by atoms with van der Waals surface area (Å²) in [6.45, 7) is 0.667. The Morgan fingerprint density at radius 1 is 0.682 bits per heavy atom. The van der Waals surface area contributed by atoms with Crippen LogP contribution in [0.1, 0.15) is 72.9 Å². The number of ether oxygens (including phenoxy) is 6. The minimum atomic E-state index is -0.500. The van der Waals surface area contributed by atoms with Gasteiger partial charge < -0.3 is 28.4 Å². The molecule has 3 aromatic carbocycles. The van der Waals surface area contributed by atoms with Gasteiger partial charge in [0, 0.05) is 6.42 Å². The molecule has 0 bridgehead atoms. The van der Waals surface area contributed by atoms with E-state index < -0.39 is 5.97 Å². The molecule has 1 unspecified atom stereocenters. The Bertz CT molecular complexity index is 1270. The van der Waals surface area contributed by atoms with Crippen molar-refractivity contribution in [2.75, 3.05) is 35.0 Å². The fourth-order valence-electron chi connectivity index (χ4n) is 5.01. The maximum atomic E-state index is 12.2. The Kier molecular flexibility index (Phi) is 14.9. The zero-order valence-electron chi connectivity index (χ0n) is 26.5. The van der Waals surface area contributed by atoms with E-state index in [4.69, 9.17) is 28.4 Å². The van der Waals surface area contributed by atoms with E-state index in [1.165, 1.54) is 34.0 Å². The molecule has 0 saturated heterocycles. The summed E-state index contributed by atoms with van der Waals surface area (Å²) in [5.74, 6) is 1.33. The van der Waals surface area contributed by atoms with Crippen LogP contribution in [0.25, 0.3) is 0 Å². The summed E-state index contributed by atoms with van der Waals surface area (Å²) >= 11 is 0. The molecule has 8 heteroatoms. The maximum Gasteiger partial charge on any atom is 0.338 e. The van der Waals surface area contributed by atoms with Gasteiger partial charge in [-0.2, -0.15) is 0 Å². The number of methoxy groups -OCH3 is 4. The minimum Gasteiger partial charge on any atom is -0.493 e. The van der Waals surface area contributed by atoms with Crippen molar-refractivity contribution in [1.82, 2.24) is 0 Å². The van der Waals surface area contributed by atoms with Crippen LogP contribution in [0.2, 0.25) is 0 Å². The van der Waals surface area contributed by atoms with Crippen LogP contribution in [0.3, 0.4) is 0 Å². The average molecular weight is 607 g/mol. The Balaban J connectivity index is 1.65. The molecule has 0 aliphatic rings. The van der Waals surface area contributed by atoms with E-state index in [1.807, 2.05) is 24.3 Å². The van der Waals surface area contributed by atoms with Gasteiger partial charge in [0.05, 0.1) is 46.7 Å². The number of hydrogen-bond donors (Lipinski definition) is 0. The van der Waals surface area contributed by atoms with Crippen molar-refractivity contribution in [1.29, 1.82) is 0 Å². The van der Waals surface area contributed by atoms with Gasteiger partial charge >= 0.3 is 11.9 Å². The second-order valence-electron chi connectivity index (χ2n) is 10.6. The van der Waals surface area contributed by atoms with Crippen LogP contribution in [-0.4, -0.2) is 53.1 Å². The molecule has 0 heterocycles. The first kappa shape index (κ1) is 34.3. The van der Waals surface area contributed by atoms with Gasteiger partial charge in [-0.3, -0.25) is 4.79 Å². The highest BCUT2D eigenvalue weighted by atomic mass is 16.5. The molecule has 3 rings (SSSR count). The minimum absolute atomic E-state index is 0.217. The summed E-state index contributed by atoms with van der Waals surface area (Å²) in [7, 11) is 5.76. The van der Waals surface area contributed by atoms with Crippen LogP contribution in [0.5, 0.6) is 23.0 Å². The number of esters is 2. The lowest BCUT2D eigenvalue weighted by Crippen LogP contribution is -2.19. The number of carbonyl (C=O) groups is 2. The van der Waals surface area contributed by atoms with Crippen LogP contribution < -0.4 is 18.9 Å². The first-order valence-corrected chi connectivity index (χ1v) is 15.3. The zero-order chi connectivity index (χ0) is 31.6. The molecule has 0 radical (unpaired) electrons. The highest BCUT2D eigenvalue weighted by Gasteiger charge is 2.22. The Morgan fingerprint density at radius 3 is 2.07 bits per heavy atom. The molecule has 0 aromatic heterocycles. The molecule has 44 heavy (non-hydrogen) atoms. The van der Waals surface area contributed by atoms with Gasteiger partial charge in [-0.15, -0.1) is 0 Å². The SMILES string of the molecule is COC(=O)CCCCC(CCc1ccccc1OCCCCCc1ccccc1)Oc1c(OC)cc(C(=O)OC)cc1OC. The summed E-state index contributed by atoms with van der Waals surface area (Å²) in [6, 6.07) is 21.8. The topological polar surface area (TPSA) is 89.5 Å². The van der Waals surface area contributed by atoms with E-state index in [9.17, 15) is 9.59 Å². The molecular formula is C36H46O8. The van der Waals surface area contributed by atoms with Gasteiger partial charge in [0.1, 0.15) is 5.75 Å². The first-order chi connectivity index (χ1) is 21.5. The summed E-state index contributed by atoms with van der Waals surface area (Å²) in [5.41, 5.74) is 2.78. The van der Waals surface area contributed by atoms with Crippen molar-refractivity contribution in [3.63, 3.8) is 0 Å². The zero-order valence-corrected chi connectivity index (χ0v) is 26.5. The highest BCUT2D eigenvalue weighted by Crippen LogP contribution is 2.40. The number of benzene rings is 3. The van der Waals surface area contributed by atoms with E-state index in [0.717, 1.165) is 49.8 Å². The van der Waals surface area contributed by atoms with E-state index in [2.05, 4.69) is 30.3 Å². The molecule has 0 saturated carbocycles. The van der Waals surface area contributed by atoms with Gasteiger partial charge in [-0.25, -0.2) is 4.79 Å². The second kappa shape index (κ2) is 19.2. The molecule has 1 atom stereocenters. The Hall–Kier alpha value is -4.20. The van der Waals surface area contributed by atoms with Gasteiger partial charge in [-0.05, 0) is 87.1 Å². The number of carbonyl (C=O) groups excluding carboxylic acids is 2. The average Bonchev–Trinajstić information content (AvgIpc) is 3.07. The summed E-state index contributed by atoms with van der Waals surface area (Å²) in [5, 5.41) is 0. The molecule has 3 aromatic rings. The monoisotopic (exact) mass is 606 g/mol. The fraction of sp³-hybridized carbons (Fsp3) is 0.444. The van der Waals surface area contributed by atoms with E-state index in [0.29, 0.717) is 55.1 Å². The van der Waals surface area contributed by atoms with Crippen LogP contribution >= 0.6 is 0 Å². The van der Waals surface area contributed by atoms with Crippen molar-refractivity contribution in [3.8, 4) is 23.0 Å². The lowest BCUT2D eigenvalue weighted by Gasteiger charge is -2.23. The third kappa shape index (κ3) is 11.1. The van der Waals surface area contributed by atoms with Crippen LogP contribution in [0.4, 0.5) is 0 Å². The van der Waals surface area contributed by atoms with Crippen molar-refractivity contribution in [2.24, 2.45) is 0 Å². The van der Waals surface area contributed by atoms with E-state index in [-0.39, 0.29) is 12.1 Å². The first-order valence-electron chi connectivity index (χ1n) is 15.3. The second-order valence-corrected chi connectivity index (χ2v) is 10.6. The lowest BCUT2D eigenvalue weighted by atomic mass is 10.0. The van der Waals surface area contributed by atoms with Gasteiger partial charge in [0.25, 0.3) is 0 Å². The van der Waals surface area contributed by atoms with Crippen molar-refractivity contribution >= 4 is 11.9 Å². The number of aryl methyl sites for hydroxylation is 2. The van der Waals surface area contributed by atoms with E-state index >= 15 is 0 Å². The molecule has 0 spiro atoms. The summed E-state index contributed by atoms with van der Waals surface area (Å²) in [6.07, 6.45) is 8.04. The molecule has 8 nitrogen and oxygen atoms in total. The lowest BCUT2D eigenvalue weighted by molar-refractivity contribution is -0.140. The molecule has 238 valence electrons. The molecular weight excluding hydrogens is 560 g/mol. The standard InChI is InChI=1S/C36H46O8/c1-39-32-25-29(36(38)42-4)26-33(40-2)35(32)44-30(19-11-13-21-34(37)41-3)23-22-28-18-10-12-20-31(28)43-24-14-6-9-17-27-15-7-5-8-16-27/h5,7-8,10,12,15-16,18,20,25-26,30H,6,9,11,13-14,17,19,21-24H2,1-4H3. The van der Waals surface area contributed by atoms with Crippen molar-refractivity contribution in [3.05, 3.63) is 83.4 Å².